The highest BCUT2D eigenvalue weighted by molar-refractivity contribution is 5.95. The van der Waals surface area contributed by atoms with Crippen molar-refractivity contribution in [2.24, 2.45) is 0 Å². The van der Waals surface area contributed by atoms with Crippen LogP contribution in [0.5, 0.6) is 5.88 Å². The first-order valence-electron chi connectivity index (χ1n) is 8.98. The minimum atomic E-state index is -0.957. The van der Waals surface area contributed by atoms with Crippen molar-refractivity contribution in [3.05, 3.63) is 42.9 Å². The lowest BCUT2D eigenvalue weighted by Crippen LogP contribution is -2.31. The fraction of sp³-hybridized carbons (Fsp3) is 0.350. The van der Waals surface area contributed by atoms with E-state index in [0.29, 0.717) is 18.0 Å². The number of hydrogen-bond donors (Lipinski definition) is 1. The molecule has 0 bridgehead atoms. The maximum atomic E-state index is 10.7. The fourth-order valence-corrected chi connectivity index (χ4v) is 3.47. The average molecular weight is 368 g/mol. The van der Waals surface area contributed by atoms with Gasteiger partial charge in [0.15, 0.2) is 0 Å². The van der Waals surface area contributed by atoms with Gasteiger partial charge in [0.25, 0.3) is 0 Å². The number of rotatable bonds is 6. The predicted octanol–water partition coefficient (Wildman–Crippen LogP) is 3.68. The minimum absolute atomic E-state index is 0.0887. The lowest BCUT2D eigenvalue weighted by molar-refractivity contribution is -0.145. The Morgan fingerprint density at radius 1 is 1.19 bits per heavy atom. The molecule has 4 rings (SSSR count). The highest BCUT2D eigenvalue weighted by Crippen LogP contribution is 2.36. The molecule has 7 heteroatoms. The second-order valence-electron chi connectivity index (χ2n) is 6.61. The first-order valence-corrected chi connectivity index (χ1v) is 8.98. The van der Waals surface area contributed by atoms with E-state index in [1.807, 2.05) is 30.3 Å². The smallest absolute Gasteiger partial charge is 0.329 e. The van der Waals surface area contributed by atoms with Gasteiger partial charge in [-0.15, -0.1) is 0 Å². The molecule has 2 heterocycles. The van der Waals surface area contributed by atoms with Crippen LogP contribution in [0, 0.1) is 0 Å². The van der Waals surface area contributed by atoms with Crippen molar-refractivity contribution >= 4 is 17.1 Å². The summed E-state index contributed by atoms with van der Waals surface area (Å²) in [5, 5.41) is 9.54. The van der Waals surface area contributed by atoms with Crippen molar-refractivity contribution < 1.29 is 23.8 Å². The van der Waals surface area contributed by atoms with Crippen LogP contribution < -0.4 is 4.74 Å². The van der Waals surface area contributed by atoms with Crippen LogP contribution in [0.4, 0.5) is 0 Å². The number of fused-ring (bicyclic) bond motifs is 1. The summed E-state index contributed by atoms with van der Waals surface area (Å²) in [6, 6.07) is 9.88. The molecule has 0 unspecified atom stereocenters. The van der Waals surface area contributed by atoms with E-state index in [9.17, 15) is 4.79 Å². The second-order valence-corrected chi connectivity index (χ2v) is 6.61. The SMILES string of the molecule is O=C(O)CO[C@H]1CCC[C@@H](Oc2ncnc3occ(-c4ccccc4)c23)C1. The third kappa shape index (κ3) is 3.93. The third-order valence-corrected chi connectivity index (χ3v) is 4.72. The van der Waals surface area contributed by atoms with Crippen molar-refractivity contribution in [1.82, 2.24) is 9.97 Å². The number of aromatic nitrogens is 2. The fourth-order valence-electron chi connectivity index (χ4n) is 3.47. The van der Waals surface area contributed by atoms with Crippen LogP contribution in [0.3, 0.4) is 0 Å². The van der Waals surface area contributed by atoms with Crippen molar-refractivity contribution in [2.45, 2.75) is 37.9 Å². The summed E-state index contributed by atoms with van der Waals surface area (Å²) >= 11 is 0. The Hall–Kier alpha value is -2.93. The molecule has 0 saturated heterocycles. The van der Waals surface area contributed by atoms with E-state index in [4.69, 9.17) is 19.0 Å². The van der Waals surface area contributed by atoms with Gasteiger partial charge in [-0.25, -0.2) is 14.8 Å². The lowest BCUT2D eigenvalue weighted by atomic mass is 9.95. The number of furan rings is 1. The molecule has 0 aliphatic heterocycles. The zero-order valence-corrected chi connectivity index (χ0v) is 14.7. The van der Waals surface area contributed by atoms with Gasteiger partial charge >= 0.3 is 5.97 Å². The molecule has 1 saturated carbocycles. The molecule has 2 aromatic heterocycles. The number of nitrogens with zero attached hydrogens (tertiary/aromatic N) is 2. The minimum Gasteiger partial charge on any atom is -0.480 e. The third-order valence-electron chi connectivity index (χ3n) is 4.72. The number of hydrogen-bond acceptors (Lipinski definition) is 6. The zero-order valence-electron chi connectivity index (χ0n) is 14.7. The monoisotopic (exact) mass is 368 g/mol. The normalized spacial score (nSPS) is 19.9. The Bertz CT molecular complexity index is 925. The number of carboxylic acids is 1. The lowest BCUT2D eigenvalue weighted by Gasteiger charge is -2.29. The maximum absolute atomic E-state index is 10.7. The molecular formula is C20H20N2O5. The van der Waals surface area contributed by atoms with Gasteiger partial charge < -0.3 is 19.0 Å². The Balaban J connectivity index is 1.57. The predicted molar refractivity (Wildman–Crippen MR) is 97.5 cm³/mol. The summed E-state index contributed by atoms with van der Waals surface area (Å²) in [6.45, 7) is -0.283. The highest BCUT2D eigenvalue weighted by atomic mass is 16.5. The topological polar surface area (TPSA) is 94.7 Å². The van der Waals surface area contributed by atoms with Crippen LogP contribution >= 0.6 is 0 Å². The van der Waals surface area contributed by atoms with Gasteiger partial charge in [-0.1, -0.05) is 30.3 Å². The van der Waals surface area contributed by atoms with Gasteiger partial charge in [0, 0.05) is 12.0 Å². The van der Waals surface area contributed by atoms with E-state index in [-0.39, 0.29) is 18.8 Å². The molecule has 2 atom stereocenters. The van der Waals surface area contributed by atoms with E-state index in [1.165, 1.54) is 6.33 Å². The molecule has 1 aromatic carbocycles. The van der Waals surface area contributed by atoms with Gasteiger partial charge in [0.05, 0.1) is 6.10 Å². The van der Waals surface area contributed by atoms with Gasteiger partial charge in [0.1, 0.15) is 30.7 Å². The van der Waals surface area contributed by atoms with Crippen molar-refractivity contribution in [3.8, 4) is 17.0 Å². The molecule has 7 nitrogen and oxygen atoms in total. The van der Waals surface area contributed by atoms with Crippen molar-refractivity contribution in [1.29, 1.82) is 0 Å². The number of benzene rings is 1. The Morgan fingerprint density at radius 3 is 2.81 bits per heavy atom. The standard InChI is InChI=1S/C20H20N2O5/c23-17(24)11-25-14-7-4-8-15(9-14)27-20-18-16(13-5-2-1-3-6-13)10-26-19(18)21-12-22-20/h1-3,5-6,10,12,14-15H,4,7-9,11H2,(H,23,24)/t14-,15+/m0/s1. The molecule has 1 N–H and O–H groups in total. The van der Waals surface area contributed by atoms with Gasteiger partial charge in [-0.2, -0.15) is 0 Å². The first kappa shape index (κ1) is 17.5. The summed E-state index contributed by atoms with van der Waals surface area (Å²) in [4.78, 5) is 19.2. The molecule has 0 spiro atoms. The Morgan fingerprint density at radius 2 is 2.00 bits per heavy atom. The van der Waals surface area contributed by atoms with Crippen LogP contribution in [-0.2, 0) is 9.53 Å². The molecule has 1 aliphatic carbocycles. The summed E-state index contributed by atoms with van der Waals surface area (Å²) in [7, 11) is 0. The quantitative estimate of drug-likeness (QED) is 0.709. The average Bonchev–Trinajstić information content (AvgIpc) is 3.13. The molecule has 3 aromatic rings. The van der Waals surface area contributed by atoms with E-state index in [0.717, 1.165) is 35.8 Å². The van der Waals surface area contributed by atoms with Crippen LogP contribution in [-0.4, -0.2) is 39.9 Å². The van der Waals surface area contributed by atoms with E-state index >= 15 is 0 Å². The van der Waals surface area contributed by atoms with Crippen LogP contribution in [0.1, 0.15) is 25.7 Å². The Kier molecular flexibility index (Phi) is 5.02. The van der Waals surface area contributed by atoms with Crippen LogP contribution in [0.15, 0.2) is 47.3 Å². The summed E-state index contributed by atoms with van der Waals surface area (Å²) in [5.41, 5.74) is 2.37. The molecule has 1 aliphatic rings. The summed E-state index contributed by atoms with van der Waals surface area (Å²) in [5.74, 6) is -0.474. The number of ether oxygens (including phenoxy) is 2. The van der Waals surface area contributed by atoms with E-state index in [1.54, 1.807) is 6.26 Å². The van der Waals surface area contributed by atoms with Gasteiger partial charge in [-0.05, 0) is 24.8 Å². The zero-order chi connectivity index (χ0) is 18.6. The highest BCUT2D eigenvalue weighted by Gasteiger charge is 2.26. The number of aliphatic carboxylic acids is 1. The summed E-state index contributed by atoms with van der Waals surface area (Å²) < 4.78 is 17.2. The van der Waals surface area contributed by atoms with Gasteiger partial charge in [-0.3, -0.25) is 0 Å². The maximum Gasteiger partial charge on any atom is 0.329 e. The van der Waals surface area contributed by atoms with E-state index in [2.05, 4.69) is 9.97 Å². The molecule has 1 fully saturated rings. The molecule has 0 radical (unpaired) electrons. The largest absolute Gasteiger partial charge is 0.480 e. The summed E-state index contributed by atoms with van der Waals surface area (Å²) in [6.07, 6.45) is 6.16. The van der Waals surface area contributed by atoms with Crippen LogP contribution in [0.2, 0.25) is 0 Å². The Labute approximate surface area is 156 Å². The van der Waals surface area contributed by atoms with Crippen molar-refractivity contribution in [2.75, 3.05) is 6.61 Å². The molecule has 140 valence electrons. The van der Waals surface area contributed by atoms with Crippen LogP contribution in [0.25, 0.3) is 22.2 Å². The number of carboxylic acid groups (broad SMARTS) is 1. The van der Waals surface area contributed by atoms with Crippen molar-refractivity contribution in [3.63, 3.8) is 0 Å². The first-order chi connectivity index (χ1) is 13.2. The second kappa shape index (κ2) is 7.75. The van der Waals surface area contributed by atoms with E-state index < -0.39 is 5.97 Å². The molecule has 0 amide bonds. The van der Waals surface area contributed by atoms with Gasteiger partial charge in [0.2, 0.25) is 11.6 Å². The number of carbonyl (C=O) groups is 1. The molecule has 27 heavy (non-hydrogen) atoms. The molecular weight excluding hydrogens is 348 g/mol.